The number of hydrogen-bond donors (Lipinski definition) is 4. The number of nitrogens with one attached hydrogen (secondary N) is 2. The Morgan fingerprint density at radius 2 is 2.15 bits per heavy atom. The second-order valence-electron chi connectivity index (χ2n) is 6.01. The number of aromatic nitrogens is 2. The molecular formula is C18H18N3O5S+. The maximum atomic E-state index is 12.3. The summed E-state index contributed by atoms with van der Waals surface area (Å²) < 4.78 is 1.73. The van der Waals surface area contributed by atoms with E-state index < -0.39 is 17.4 Å². The molecule has 1 aliphatic heterocycles. The average molecular weight is 388 g/mol. The monoisotopic (exact) mass is 388 g/mol. The zero-order valence-corrected chi connectivity index (χ0v) is 15.2. The third kappa shape index (κ3) is 4.03. The first-order valence-electron chi connectivity index (χ1n) is 8.15. The Morgan fingerprint density at radius 1 is 1.37 bits per heavy atom. The lowest BCUT2D eigenvalue weighted by Crippen LogP contribution is -2.34. The molecule has 9 heteroatoms. The molecule has 1 unspecified atom stereocenters. The highest BCUT2D eigenvalue weighted by molar-refractivity contribution is 8.00. The number of hydrogen-bond acceptors (Lipinski definition) is 5. The third-order valence-electron chi connectivity index (χ3n) is 4.12. The fraction of sp³-hybridized carbons (Fsp3) is 0.222. The van der Waals surface area contributed by atoms with Crippen LogP contribution in [0.15, 0.2) is 52.9 Å². The van der Waals surface area contributed by atoms with Crippen molar-refractivity contribution >= 4 is 34.6 Å². The fourth-order valence-electron chi connectivity index (χ4n) is 2.75. The van der Waals surface area contributed by atoms with E-state index in [1.54, 1.807) is 46.9 Å². The van der Waals surface area contributed by atoms with Crippen molar-refractivity contribution in [2.45, 2.75) is 18.8 Å². The lowest BCUT2D eigenvalue weighted by Gasteiger charge is -2.23. The van der Waals surface area contributed by atoms with E-state index >= 15 is 0 Å². The van der Waals surface area contributed by atoms with Gasteiger partial charge in [-0.3, -0.25) is 4.79 Å². The van der Waals surface area contributed by atoms with Crippen molar-refractivity contribution in [3.63, 3.8) is 0 Å². The van der Waals surface area contributed by atoms with Gasteiger partial charge in [-0.1, -0.05) is 6.08 Å². The van der Waals surface area contributed by atoms with Gasteiger partial charge < -0.3 is 20.5 Å². The summed E-state index contributed by atoms with van der Waals surface area (Å²) in [7, 11) is 0. The van der Waals surface area contributed by atoms with Crippen LogP contribution in [0, 0.1) is 0 Å². The van der Waals surface area contributed by atoms with E-state index in [9.17, 15) is 19.5 Å². The number of carboxylic acids is 2. The van der Waals surface area contributed by atoms with Crippen LogP contribution in [0.5, 0.6) is 0 Å². The Morgan fingerprint density at radius 3 is 2.85 bits per heavy atom. The lowest BCUT2D eigenvalue weighted by atomic mass is 10.2. The first kappa shape index (κ1) is 18.7. The van der Waals surface area contributed by atoms with Crippen LogP contribution in [0.2, 0.25) is 0 Å². The SMILES string of the molecule is CC1NC(C(=O)O)=C(/C=C/C[n+]2ccc3[nH]cc(C(=O)O)c(=O)c3c2)CS1. The van der Waals surface area contributed by atoms with Crippen molar-refractivity contribution in [2.75, 3.05) is 5.75 Å². The van der Waals surface area contributed by atoms with Gasteiger partial charge in [0.1, 0.15) is 16.6 Å². The number of aromatic carboxylic acids is 1. The molecule has 3 rings (SSSR count). The first-order chi connectivity index (χ1) is 12.9. The minimum Gasteiger partial charge on any atom is -0.477 e. The maximum Gasteiger partial charge on any atom is 0.352 e. The number of thioether (sulfide) groups is 1. The van der Waals surface area contributed by atoms with Gasteiger partial charge in [0.05, 0.1) is 10.9 Å². The molecule has 140 valence electrons. The number of fused-ring (bicyclic) bond motifs is 1. The number of nitrogens with zero attached hydrogens (tertiary/aromatic N) is 1. The van der Waals surface area contributed by atoms with Gasteiger partial charge in [0.25, 0.3) is 0 Å². The van der Waals surface area contributed by atoms with Crippen LogP contribution in [0.25, 0.3) is 10.9 Å². The number of H-pyrrole nitrogens is 1. The first-order valence-corrected chi connectivity index (χ1v) is 9.20. The van der Waals surface area contributed by atoms with E-state index in [0.29, 0.717) is 23.4 Å². The molecule has 2 aromatic heterocycles. The number of rotatable bonds is 5. The zero-order chi connectivity index (χ0) is 19.6. The molecule has 3 heterocycles. The number of aromatic amines is 1. The van der Waals surface area contributed by atoms with Crippen molar-refractivity contribution < 1.29 is 24.4 Å². The van der Waals surface area contributed by atoms with Gasteiger partial charge >= 0.3 is 11.9 Å². The van der Waals surface area contributed by atoms with Gasteiger partial charge in [-0.15, -0.1) is 11.8 Å². The minimum atomic E-state index is -1.28. The molecule has 1 atom stereocenters. The van der Waals surface area contributed by atoms with Gasteiger partial charge in [-0.25, -0.2) is 14.2 Å². The predicted octanol–water partition coefficient (Wildman–Crippen LogP) is 1.09. The second kappa shape index (κ2) is 7.67. The Bertz CT molecular complexity index is 1040. The van der Waals surface area contributed by atoms with Crippen LogP contribution in [-0.2, 0) is 11.3 Å². The van der Waals surface area contributed by atoms with Crippen LogP contribution >= 0.6 is 11.8 Å². The summed E-state index contributed by atoms with van der Waals surface area (Å²) in [5.74, 6) is -1.68. The van der Waals surface area contributed by atoms with Crippen LogP contribution in [0.3, 0.4) is 0 Å². The number of allylic oxidation sites excluding steroid dienone is 2. The van der Waals surface area contributed by atoms with Gasteiger partial charge in [-0.2, -0.15) is 0 Å². The van der Waals surface area contributed by atoms with Crippen molar-refractivity contribution in [3.8, 4) is 0 Å². The number of aliphatic carboxylic acids is 1. The molecule has 4 N–H and O–H groups in total. The summed E-state index contributed by atoms with van der Waals surface area (Å²) in [6.07, 6.45) is 8.08. The van der Waals surface area contributed by atoms with Crippen LogP contribution in [-0.4, -0.2) is 38.3 Å². The average Bonchev–Trinajstić information content (AvgIpc) is 2.63. The number of carboxylic acid groups (broad SMARTS) is 2. The third-order valence-corrected chi connectivity index (χ3v) is 5.21. The quantitative estimate of drug-likeness (QED) is 0.565. The Hall–Kier alpha value is -3.07. The van der Waals surface area contributed by atoms with E-state index in [0.717, 1.165) is 0 Å². The molecule has 0 saturated heterocycles. The molecule has 0 radical (unpaired) electrons. The molecular weight excluding hydrogens is 370 g/mol. The predicted molar refractivity (Wildman–Crippen MR) is 101 cm³/mol. The Kier molecular flexibility index (Phi) is 5.31. The minimum absolute atomic E-state index is 0.0401. The Balaban J connectivity index is 1.86. The van der Waals surface area contributed by atoms with Crippen LogP contribution in [0.1, 0.15) is 17.3 Å². The molecule has 0 amide bonds. The number of carbonyl (C=O) groups is 2. The van der Waals surface area contributed by atoms with Gasteiger partial charge in [0.2, 0.25) is 5.43 Å². The summed E-state index contributed by atoms with van der Waals surface area (Å²) >= 11 is 1.61. The maximum absolute atomic E-state index is 12.3. The molecule has 0 bridgehead atoms. The van der Waals surface area contributed by atoms with E-state index in [1.807, 2.05) is 6.92 Å². The summed E-state index contributed by atoms with van der Waals surface area (Å²) in [5, 5.41) is 21.6. The van der Waals surface area contributed by atoms with Gasteiger partial charge in [-0.05, 0) is 18.6 Å². The van der Waals surface area contributed by atoms with Crippen molar-refractivity contribution in [1.82, 2.24) is 10.3 Å². The summed E-state index contributed by atoms with van der Waals surface area (Å²) in [6, 6.07) is 1.69. The van der Waals surface area contributed by atoms with Crippen LogP contribution in [0.4, 0.5) is 0 Å². The summed E-state index contributed by atoms with van der Waals surface area (Å²) in [6.45, 7) is 2.31. The highest BCUT2D eigenvalue weighted by atomic mass is 32.2. The molecule has 0 aromatic carbocycles. The smallest absolute Gasteiger partial charge is 0.352 e. The molecule has 0 aliphatic carbocycles. The van der Waals surface area contributed by atoms with E-state index in [2.05, 4.69) is 10.3 Å². The summed E-state index contributed by atoms with van der Waals surface area (Å²) in [5.41, 5.74) is 0.573. The van der Waals surface area contributed by atoms with E-state index in [4.69, 9.17) is 5.11 Å². The molecule has 0 fully saturated rings. The fourth-order valence-corrected chi connectivity index (χ4v) is 3.62. The van der Waals surface area contributed by atoms with Gasteiger partial charge in [0.15, 0.2) is 18.9 Å². The Labute approximate surface area is 158 Å². The molecule has 8 nitrogen and oxygen atoms in total. The largest absolute Gasteiger partial charge is 0.477 e. The zero-order valence-electron chi connectivity index (χ0n) is 14.4. The van der Waals surface area contributed by atoms with Crippen molar-refractivity contribution in [3.05, 3.63) is 63.9 Å². The van der Waals surface area contributed by atoms with Crippen molar-refractivity contribution in [1.29, 1.82) is 0 Å². The lowest BCUT2D eigenvalue weighted by molar-refractivity contribution is -0.685. The molecule has 1 aliphatic rings. The highest BCUT2D eigenvalue weighted by Gasteiger charge is 2.21. The van der Waals surface area contributed by atoms with Gasteiger partial charge in [0, 0.05) is 18.0 Å². The van der Waals surface area contributed by atoms with E-state index in [1.165, 1.54) is 6.20 Å². The molecule has 2 aromatic rings. The highest BCUT2D eigenvalue weighted by Crippen LogP contribution is 2.22. The van der Waals surface area contributed by atoms with E-state index in [-0.39, 0.29) is 22.0 Å². The molecule has 0 saturated carbocycles. The number of pyridine rings is 2. The molecule has 0 spiro atoms. The summed E-state index contributed by atoms with van der Waals surface area (Å²) in [4.78, 5) is 37.5. The standard InChI is InChI=1S/C18H17N3O5S/c1-10-20-15(18(25)26)11(9-27-10)3-2-5-21-6-4-14-13(8-21)16(22)12(7-19-14)17(23)24/h2-4,6-8,10,20H,5,9H2,1H3,(H2,23,24,25,26)/p+1/b3-2+. The second-order valence-corrected chi connectivity index (χ2v) is 7.34. The normalized spacial score (nSPS) is 17.3. The topological polar surface area (TPSA) is 123 Å². The molecule has 27 heavy (non-hydrogen) atoms. The van der Waals surface area contributed by atoms with Crippen LogP contribution < -0.4 is 15.3 Å². The van der Waals surface area contributed by atoms with Crippen molar-refractivity contribution in [2.24, 2.45) is 0 Å².